The van der Waals surface area contributed by atoms with Gasteiger partial charge >= 0.3 is 0 Å². The molecule has 0 radical (unpaired) electrons. The first-order valence-electron chi connectivity index (χ1n) is 8.83. The van der Waals surface area contributed by atoms with Gasteiger partial charge in [-0.3, -0.25) is 9.59 Å². The van der Waals surface area contributed by atoms with Gasteiger partial charge in [0.2, 0.25) is 0 Å². The maximum absolute atomic E-state index is 12.8. The van der Waals surface area contributed by atoms with Crippen LogP contribution in [0.15, 0.2) is 59.5 Å². The minimum atomic E-state index is -0.133. The summed E-state index contributed by atoms with van der Waals surface area (Å²) >= 11 is 0. The van der Waals surface area contributed by atoms with Crippen LogP contribution in [0.4, 0.5) is 0 Å². The predicted octanol–water partition coefficient (Wildman–Crippen LogP) is 2.28. The summed E-state index contributed by atoms with van der Waals surface area (Å²) in [5, 5.41) is 0. The average molecular weight is 364 g/mol. The van der Waals surface area contributed by atoms with Gasteiger partial charge in [0, 0.05) is 56.7 Å². The van der Waals surface area contributed by atoms with Crippen LogP contribution >= 0.6 is 0 Å². The molecule has 1 fully saturated rings. The second-order valence-electron chi connectivity index (χ2n) is 6.50. The van der Waals surface area contributed by atoms with Crippen LogP contribution in [0.2, 0.25) is 0 Å². The number of amides is 2. The van der Waals surface area contributed by atoms with Gasteiger partial charge in [0.25, 0.3) is 11.8 Å². The van der Waals surface area contributed by atoms with Crippen LogP contribution in [0.1, 0.15) is 20.9 Å². The third-order valence-corrected chi connectivity index (χ3v) is 4.80. The van der Waals surface area contributed by atoms with Crippen LogP contribution in [0.25, 0.3) is 11.4 Å². The lowest BCUT2D eigenvalue weighted by Crippen LogP contribution is -2.50. The topological polar surface area (TPSA) is 71.6 Å². The molecule has 3 heterocycles. The monoisotopic (exact) mass is 364 g/mol. The van der Waals surface area contributed by atoms with Crippen molar-refractivity contribution in [2.45, 2.75) is 0 Å². The summed E-state index contributed by atoms with van der Waals surface area (Å²) in [6.07, 6.45) is 5.12. The van der Waals surface area contributed by atoms with Crippen molar-refractivity contribution in [2.24, 2.45) is 7.05 Å². The van der Waals surface area contributed by atoms with E-state index < -0.39 is 0 Å². The van der Waals surface area contributed by atoms with Crippen LogP contribution in [-0.2, 0) is 7.05 Å². The number of carbonyl (C=O) groups is 2. The smallest absolute Gasteiger partial charge is 0.289 e. The number of piperazine rings is 1. The molecule has 4 rings (SSSR count). The molecule has 1 saturated heterocycles. The summed E-state index contributed by atoms with van der Waals surface area (Å²) in [6.45, 7) is 2.01. The van der Waals surface area contributed by atoms with E-state index in [1.165, 1.54) is 6.26 Å². The normalized spacial score (nSPS) is 14.4. The molecule has 0 aliphatic carbocycles. The predicted molar refractivity (Wildman–Crippen MR) is 99.2 cm³/mol. The van der Waals surface area contributed by atoms with Crippen LogP contribution < -0.4 is 0 Å². The van der Waals surface area contributed by atoms with Crippen molar-refractivity contribution in [1.82, 2.24) is 19.4 Å². The Labute approximate surface area is 156 Å². The summed E-state index contributed by atoms with van der Waals surface area (Å²) in [5.74, 6) is 1.04. The summed E-state index contributed by atoms with van der Waals surface area (Å²) < 4.78 is 7.10. The number of rotatable bonds is 3. The Hall–Kier alpha value is -3.35. The number of benzene rings is 1. The molecule has 1 aromatic carbocycles. The lowest BCUT2D eigenvalue weighted by molar-refractivity contribution is 0.0518. The van der Waals surface area contributed by atoms with Crippen molar-refractivity contribution in [1.29, 1.82) is 0 Å². The fourth-order valence-electron chi connectivity index (χ4n) is 3.26. The molecule has 138 valence electrons. The quantitative estimate of drug-likeness (QED) is 0.715. The first kappa shape index (κ1) is 17.1. The van der Waals surface area contributed by atoms with E-state index in [9.17, 15) is 9.59 Å². The van der Waals surface area contributed by atoms with Crippen molar-refractivity contribution >= 4 is 11.8 Å². The maximum atomic E-state index is 12.8. The van der Waals surface area contributed by atoms with E-state index in [-0.39, 0.29) is 11.8 Å². The van der Waals surface area contributed by atoms with Crippen molar-refractivity contribution in [3.63, 3.8) is 0 Å². The largest absolute Gasteiger partial charge is 0.459 e. The molecule has 3 aromatic rings. The van der Waals surface area contributed by atoms with Crippen LogP contribution in [0.5, 0.6) is 0 Å². The molecule has 0 spiro atoms. The van der Waals surface area contributed by atoms with Gasteiger partial charge in [0.1, 0.15) is 5.82 Å². The Morgan fingerprint density at radius 1 is 0.963 bits per heavy atom. The van der Waals surface area contributed by atoms with E-state index in [2.05, 4.69) is 4.98 Å². The molecule has 1 aliphatic rings. The number of furan rings is 1. The van der Waals surface area contributed by atoms with E-state index in [1.54, 1.807) is 28.1 Å². The van der Waals surface area contributed by atoms with Gasteiger partial charge < -0.3 is 18.8 Å². The van der Waals surface area contributed by atoms with E-state index in [4.69, 9.17) is 4.42 Å². The Balaban J connectivity index is 1.39. The highest BCUT2D eigenvalue weighted by Crippen LogP contribution is 2.18. The zero-order valence-electron chi connectivity index (χ0n) is 15.0. The number of nitrogens with zero attached hydrogens (tertiary/aromatic N) is 4. The number of hydrogen-bond acceptors (Lipinski definition) is 4. The fraction of sp³-hybridized carbons (Fsp3) is 0.250. The molecule has 0 saturated carbocycles. The molecule has 7 heteroatoms. The van der Waals surface area contributed by atoms with E-state index in [1.807, 2.05) is 42.1 Å². The molecule has 0 unspecified atom stereocenters. The Morgan fingerprint density at radius 3 is 2.19 bits per heavy atom. The summed E-state index contributed by atoms with van der Waals surface area (Å²) in [4.78, 5) is 32.9. The molecule has 2 aromatic heterocycles. The summed E-state index contributed by atoms with van der Waals surface area (Å²) in [6, 6.07) is 10.8. The van der Waals surface area contributed by atoms with Gasteiger partial charge in [-0.1, -0.05) is 12.1 Å². The number of imidazole rings is 1. The third-order valence-electron chi connectivity index (χ3n) is 4.80. The molecular formula is C20H20N4O3. The van der Waals surface area contributed by atoms with E-state index in [0.717, 1.165) is 11.4 Å². The van der Waals surface area contributed by atoms with Gasteiger partial charge in [-0.25, -0.2) is 4.98 Å². The maximum Gasteiger partial charge on any atom is 0.289 e. The fourth-order valence-corrected chi connectivity index (χ4v) is 3.26. The third kappa shape index (κ3) is 3.36. The number of aryl methyl sites for hydroxylation is 1. The van der Waals surface area contributed by atoms with Gasteiger partial charge in [0.15, 0.2) is 5.76 Å². The number of carbonyl (C=O) groups excluding carboxylic acids is 2. The van der Waals surface area contributed by atoms with Crippen molar-refractivity contribution in [2.75, 3.05) is 26.2 Å². The second kappa shape index (κ2) is 7.11. The van der Waals surface area contributed by atoms with Gasteiger partial charge in [0.05, 0.1) is 6.26 Å². The molecule has 2 amide bonds. The lowest BCUT2D eigenvalue weighted by Gasteiger charge is -2.34. The SMILES string of the molecule is Cn1ccnc1-c1ccc(C(=O)N2CCN(C(=O)c3ccco3)CC2)cc1. The molecule has 0 bridgehead atoms. The Kier molecular flexibility index (Phi) is 4.50. The first-order valence-corrected chi connectivity index (χ1v) is 8.83. The molecule has 7 nitrogen and oxygen atoms in total. The zero-order chi connectivity index (χ0) is 18.8. The van der Waals surface area contributed by atoms with Crippen molar-refractivity contribution in [3.05, 3.63) is 66.4 Å². The minimum Gasteiger partial charge on any atom is -0.459 e. The van der Waals surface area contributed by atoms with Gasteiger partial charge in [-0.15, -0.1) is 0 Å². The highest BCUT2D eigenvalue weighted by atomic mass is 16.3. The van der Waals surface area contributed by atoms with Crippen LogP contribution in [0.3, 0.4) is 0 Å². The summed E-state index contributed by atoms with van der Waals surface area (Å²) in [7, 11) is 1.94. The number of hydrogen-bond donors (Lipinski definition) is 0. The second-order valence-corrected chi connectivity index (χ2v) is 6.50. The van der Waals surface area contributed by atoms with Crippen LogP contribution in [0, 0.1) is 0 Å². The Morgan fingerprint density at radius 2 is 1.63 bits per heavy atom. The van der Waals surface area contributed by atoms with Gasteiger partial charge in [-0.05, 0) is 24.3 Å². The van der Waals surface area contributed by atoms with Crippen LogP contribution in [-0.4, -0.2) is 57.3 Å². The highest BCUT2D eigenvalue weighted by Gasteiger charge is 2.26. The zero-order valence-corrected chi connectivity index (χ0v) is 15.0. The Bertz CT molecular complexity index is 936. The van der Waals surface area contributed by atoms with E-state index >= 15 is 0 Å². The van der Waals surface area contributed by atoms with Crippen molar-refractivity contribution < 1.29 is 14.0 Å². The molecule has 27 heavy (non-hydrogen) atoms. The summed E-state index contributed by atoms with van der Waals surface area (Å²) in [5.41, 5.74) is 1.60. The van der Waals surface area contributed by atoms with E-state index in [0.29, 0.717) is 37.5 Å². The standard InChI is InChI=1S/C20H20N4O3/c1-22-9-8-21-18(22)15-4-6-16(7-5-15)19(25)23-10-12-24(13-11-23)20(26)17-3-2-14-27-17/h2-9,14H,10-13H2,1H3. The average Bonchev–Trinajstić information content (AvgIpc) is 3.39. The van der Waals surface area contributed by atoms with Gasteiger partial charge in [-0.2, -0.15) is 0 Å². The number of aromatic nitrogens is 2. The van der Waals surface area contributed by atoms with Crippen molar-refractivity contribution in [3.8, 4) is 11.4 Å². The first-order chi connectivity index (χ1) is 13.1. The lowest BCUT2D eigenvalue weighted by atomic mass is 10.1. The molecular weight excluding hydrogens is 344 g/mol. The highest BCUT2D eigenvalue weighted by molar-refractivity contribution is 5.95. The molecule has 1 aliphatic heterocycles. The minimum absolute atomic E-state index is 0.0218. The molecule has 0 N–H and O–H groups in total. The molecule has 0 atom stereocenters.